The van der Waals surface area contributed by atoms with Gasteiger partial charge in [0.1, 0.15) is 5.75 Å². The molecule has 0 saturated heterocycles. The number of nitro groups is 1. The number of alkyl halides is 5. The summed E-state index contributed by atoms with van der Waals surface area (Å²) in [4.78, 5) is 24.2. The number of amides is 1. The number of carbonyl (C=O) groups excluding carboxylic acids is 1. The van der Waals surface area contributed by atoms with Gasteiger partial charge in [0.2, 0.25) is 0 Å². The van der Waals surface area contributed by atoms with Crippen LogP contribution in [0.3, 0.4) is 0 Å². The minimum atomic E-state index is -4.88. The Balaban J connectivity index is 0.00000249. The zero-order valence-electron chi connectivity index (χ0n) is 17.7. The van der Waals surface area contributed by atoms with Crippen molar-refractivity contribution in [3.05, 3.63) is 57.6 Å². The third-order valence-corrected chi connectivity index (χ3v) is 3.92. The van der Waals surface area contributed by atoms with E-state index in [0.717, 1.165) is 35.2 Å². The maximum absolute atomic E-state index is 12.8. The first kappa shape index (κ1) is 26.6. The molecule has 0 aliphatic heterocycles. The Hall–Kier alpha value is -3.44. The molecule has 0 atom stereocenters. The molecule has 0 fully saturated rings. The van der Waals surface area contributed by atoms with E-state index in [1.54, 1.807) is 0 Å². The van der Waals surface area contributed by atoms with Crippen molar-refractivity contribution in [2.24, 2.45) is 0 Å². The Labute approximate surface area is 180 Å². The van der Waals surface area contributed by atoms with Crippen LogP contribution in [0, 0.1) is 17.0 Å². The van der Waals surface area contributed by atoms with Crippen molar-refractivity contribution in [3.8, 4) is 5.75 Å². The van der Waals surface area contributed by atoms with Crippen molar-refractivity contribution in [3.63, 3.8) is 0 Å². The van der Waals surface area contributed by atoms with Gasteiger partial charge in [-0.1, -0.05) is 13.8 Å². The molecule has 176 valence electrons. The summed E-state index contributed by atoms with van der Waals surface area (Å²) in [6.07, 6.45) is -7.60. The SMILES string of the molecule is CC.Cc1cc(N(C)CC(F)F)c(C(=O)Nc2ccc(OC(F)(F)F)cc2)cc1[N+](=O)[O-]. The van der Waals surface area contributed by atoms with Gasteiger partial charge in [0, 0.05) is 24.4 Å². The van der Waals surface area contributed by atoms with Gasteiger partial charge < -0.3 is 15.0 Å². The number of anilines is 2. The average molecular weight is 463 g/mol. The van der Waals surface area contributed by atoms with Gasteiger partial charge >= 0.3 is 6.36 Å². The summed E-state index contributed by atoms with van der Waals surface area (Å²) in [5, 5.41) is 13.6. The lowest BCUT2D eigenvalue weighted by Crippen LogP contribution is -2.27. The van der Waals surface area contributed by atoms with Crippen molar-refractivity contribution in [1.82, 2.24) is 0 Å². The molecular weight excluding hydrogens is 441 g/mol. The molecule has 7 nitrogen and oxygen atoms in total. The van der Waals surface area contributed by atoms with Gasteiger partial charge in [-0.05, 0) is 37.3 Å². The van der Waals surface area contributed by atoms with Crippen LogP contribution in [0.1, 0.15) is 29.8 Å². The van der Waals surface area contributed by atoms with Crippen LogP contribution in [0.2, 0.25) is 0 Å². The largest absolute Gasteiger partial charge is 0.573 e. The molecule has 1 amide bonds. The normalized spacial score (nSPS) is 10.8. The number of carbonyl (C=O) groups is 1. The van der Waals surface area contributed by atoms with Crippen LogP contribution in [0.25, 0.3) is 0 Å². The number of ether oxygens (including phenoxy) is 1. The molecule has 32 heavy (non-hydrogen) atoms. The highest BCUT2D eigenvalue weighted by Gasteiger charge is 2.31. The predicted molar refractivity (Wildman–Crippen MR) is 110 cm³/mol. The van der Waals surface area contributed by atoms with Crippen LogP contribution < -0.4 is 15.0 Å². The Morgan fingerprint density at radius 2 is 1.75 bits per heavy atom. The van der Waals surface area contributed by atoms with Gasteiger partial charge in [0.25, 0.3) is 18.0 Å². The van der Waals surface area contributed by atoms with E-state index >= 15 is 0 Å². The van der Waals surface area contributed by atoms with Gasteiger partial charge in [-0.25, -0.2) is 8.78 Å². The summed E-state index contributed by atoms with van der Waals surface area (Å²) in [5.74, 6) is -1.37. The minimum absolute atomic E-state index is 0.0351. The van der Waals surface area contributed by atoms with E-state index in [2.05, 4.69) is 10.1 Å². The molecule has 1 N–H and O–H groups in total. The molecule has 0 unspecified atom stereocenters. The zero-order valence-corrected chi connectivity index (χ0v) is 17.7. The molecule has 0 radical (unpaired) electrons. The highest BCUT2D eigenvalue weighted by Crippen LogP contribution is 2.30. The molecule has 0 aliphatic rings. The van der Waals surface area contributed by atoms with E-state index in [1.165, 1.54) is 20.0 Å². The lowest BCUT2D eigenvalue weighted by Gasteiger charge is -2.22. The number of hydrogen-bond acceptors (Lipinski definition) is 5. The summed E-state index contributed by atoms with van der Waals surface area (Å²) < 4.78 is 65.9. The third kappa shape index (κ3) is 7.67. The first-order valence-electron chi connectivity index (χ1n) is 9.33. The lowest BCUT2D eigenvalue weighted by molar-refractivity contribution is -0.385. The van der Waals surface area contributed by atoms with Crippen LogP contribution in [0.5, 0.6) is 5.75 Å². The van der Waals surface area contributed by atoms with E-state index in [9.17, 15) is 36.9 Å². The first-order valence-corrected chi connectivity index (χ1v) is 9.33. The van der Waals surface area contributed by atoms with E-state index < -0.39 is 35.9 Å². The smallest absolute Gasteiger partial charge is 0.406 e. The quantitative estimate of drug-likeness (QED) is 0.320. The molecule has 2 aromatic rings. The monoisotopic (exact) mass is 463 g/mol. The van der Waals surface area contributed by atoms with Crippen LogP contribution in [0.15, 0.2) is 36.4 Å². The third-order valence-electron chi connectivity index (χ3n) is 3.92. The van der Waals surface area contributed by atoms with Crippen molar-refractivity contribution in [2.75, 3.05) is 23.8 Å². The van der Waals surface area contributed by atoms with Crippen LogP contribution >= 0.6 is 0 Å². The number of benzene rings is 2. The van der Waals surface area contributed by atoms with Gasteiger partial charge in [-0.3, -0.25) is 14.9 Å². The van der Waals surface area contributed by atoms with Gasteiger partial charge in [0.05, 0.1) is 22.7 Å². The van der Waals surface area contributed by atoms with E-state index in [0.29, 0.717) is 0 Å². The maximum atomic E-state index is 12.8. The van der Waals surface area contributed by atoms with Crippen molar-refractivity contribution in [1.29, 1.82) is 0 Å². The topological polar surface area (TPSA) is 84.7 Å². The summed E-state index contributed by atoms with van der Waals surface area (Å²) in [7, 11) is 1.30. The standard InChI is InChI=1S/C18H16F5N3O4.C2H6/c1-10-7-15(25(2)9-16(19)20)13(8-14(10)26(28)29)17(27)24-11-3-5-12(6-4-11)30-18(21,22)23;1-2/h3-8,16H,9H2,1-2H3,(H,24,27);1-2H3. The summed E-state index contributed by atoms with van der Waals surface area (Å²) in [6.45, 7) is 4.68. The molecule has 2 aromatic carbocycles. The molecule has 0 aromatic heterocycles. The highest BCUT2D eigenvalue weighted by molar-refractivity contribution is 6.08. The van der Waals surface area contributed by atoms with Gasteiger partial charge in [-0.2, -0.15) is 0 Å². The highest BCUT2D eigenvalue weighted by atomic mass is 19.4. The second-order valence-electron chi connectivity index (χ2n) is 6.21. The van der Waals surface area contributed by atoms with E-state index in [-0.39, 0.29) is 28.2 Å². The minimum Gasteiger partial charge on any atom is -0.406 e. The van der Waals surface area contributed by atoms with Gasteiger partial charge in [-0.15, -0.1) is 13.2 Å². The number of rotatable bonds is 7. The molecule has 0 saturated carbocycles. The van der Waals surface area contributed by atoms with Crippen LogP contribution in [-0.2, 0) is 0 Å². The summed E-state index contributed by atoms with van der Waals surface area (Å²) in [5.41, 5.74) is -0.358. The molecule has 0 aliphatic carbocycles. The number of nitrogens with zero attached hydrogens (tertiary/aromatic N) is 2. The fraction of sp³-hybridized carbons (Fsp3) is 0.350. The second kappa shape index (κ2) is 11.3. The Kier molecular flexibility index (Phi) is 9.35. The fourth-order valence-electron chi connectivity index (χ4n) is 2.62. The van der Waals surface area contributed by atoms with Crippen molar-refractivity contribution >= 4 is 23.0 Å². The Morgan fingerprint density at radius 3 is 2.22 bits per heavy atom. The first-order chi connectivity index (χ1) is 14.9. The lowest BCUT2D eigenvalue weighted by atomic mass is 10.1. The number of halogens is 5. The zero-order chi connectivity index (χ0) is 24.6. The molecule has 0 spiro atoms. The number of nitro benzene ring substituents is 1. The van der Waals surface area contributed by atoms with E-state index in [4.69, 9.17) is 0 Å². The Bertz CT molecular complexity index is 934. The summed E-state index contributed by atoms with van der Waals surface area (Å²) >= 11 is 0. The van der Waals surface area contributed by atoms with Crippen LogP contribution in [-0.4, -0.2) is 37.2 Å². The Morgan fingerprint density at radius 1 is 1.19 bits per heavy atom. The molecule has 0 heterocycles. The molecule has 2 rings (SSSR count). The van der Waals surface area contributed by atoms with Gasteiger partial charge in [0.15, 0.2) is 0 Å². The van der Waals surface area contributed by atoms with E-state index in [1.807, 2.05) is 13.8 Å². The number of aryl methyl sites for hydroxylation is 1. The number of hydrogen-bond donors (Lipinski definition) is 1. The van der Waals surface area contributed by atoms with Crippen molar-refractivity contribution in [2.45, 2.75) is 33.6 Å². The summed E-state index contributed by atoms with van der Waals surface area (Å²) in [6, 6.07) is 6.39. The second-order valence-corrected chi connectivity index (χ2v) is 6.21. The average Bonchev–Trinajstić information content (AvgIpc) is 2.68. The molecule has 12 heteroatoms. The number of nitrogens with one attached hydrogen (secondary N) is 1. The predicted octanol–water partition coefficient (Wildman–Crippen LogP) is 5.78. The fourth-order valence-corrected chi connectivity index (χ4v) is 2.62. The van der Waals surface area contributed by atoms with Crippen molar-refractivity contribution < 1.29 is 36.4 Å². The molecule has 0 bridgehead atoms. The molecular formula is C20H22F5N3O4. The maximum Gasteiger partial charge on any atom is 0.573 e. The van der Waals surface area contributed by atoms with Crippen LogP contribution in [0.4, 0.5) is 39.0 Å².